The van der Waals surface area contributed by atoms with Crippen LogP contribution in [-0.2, 0) is 6.42 Å². The Balaban J connectivity index is 2.23. The van der Waals surface area contributed by atoms with Gasteiger partial charge in [-0.15, -0.1) is 11.3 Å². The minimum absolute atomic E-state index is 0.0199. The molecule has 0 aliphatic heterocycles. The first-order chi connectivity index (χ1) is 7.70. The van der Waals surface area contributed by atoms with E-state index >= 15 is 0 Å². The van der Waals surface area contributed by atoms with Gasteiger partial charge in [-0.2, -0.15) is 0 Å². The number of nitrogens with two attached hydrogens (primary N) is 1. The molecule has 1 aromatic carbocycles. The van der Waals surface area contributed by atoms with Gasteiger partial charge < -0.3 is 5.73 Å². The third-order valence-corrected chi connectivity index (χ3v) is 4.22. The maximum Gasteiger partial charge on any atom is 0.0701 e. The predicted octanol–water partition coefficient (Wildman–Crippen LogP) is 4.12. The van der Waals surface area contributed by atoms with E-state index in [1.807, 2.05) is 0 Å². The van der Waals surface area contributed by atoms with Crippen LogP contribution in [0.4, 0.5) is 0 Å². The number of hydrogen-bond donors (Lipinski definition) is 1. The maximum absolute atomic E-state index is 6.21. The van der Waals surface area contributed by atoms with Gasteiger partial charge in [0, 0.05) is 0 Å². The maximum atomic E-state index is 6.21. The number of hydrogen-bond acceptors (Lipinski definition) is 2. The number of benzene rings is 1. The fourth-order valence-corrected chi connectivity index (χ4v) is 2.85. The lowest BCUT2D eigenvalue weighted by atomic mass is 10.0. The molecule has 1 heterocycles. The van der Waals surface area contributed by atoms with E-state index in [0.717, 1.165) is 10.2 Å². The molecule has 0 saturated heterocycles. The number of halogens is 1. The van der Waals surface area contributed by atoms with Gasteiger partial charge >= 0.3 is 0 Å². The molecule has 1 unspecified atom stereocenters. The summed E-state index contributed by atoms with van der Waals surface area (Å²) < 4.78 is 1.13. The summed E-state index contributed by atoms with van der Waals surface area (Å²) in [7, 11) is 0. The van der Waals surface area contributed by atoms with Gasteiger partial charge in [-0.3, -0.25) is 0 Å². The van der Waals surface area contributed by atoms with E-state index in [9.17, 15) is 0 Å². The normalized spacial score (nSPS) is 12.7. The Morgan fingerprint density at radius 1 is 1.25 bits per heavy atom. The van der Waals surface area contributed by atoms with Crippen molar-refractivity contribution in [2.75, 3.05) is 0 Å². The van der Waals surface area contributed by atoms with Gasteiger partial charge in [-0.1, -0.05) is 31.2 Å². The minimum atomic E-state index is -0.0199. The van der Waals surface area contributed by atoms with Crippen LogP contribution in [0.2, 0.25) is 0 Å². The largest absolute Gasteiger partial charge is 0.320 e. The van der Waals surface area contributed by atoms with E-state index in [4.69, 9.17) is 5.73 Å². The molecule has 0 bridgehead atoms. The van der Waals surface area contributed by atoms with Crippen molar-refractivity contribution < 1.29 is 0 Å². The Labute approximate surface area is 108 Å². The molecule has 0 fully saturated rings. The minimum Gasteiger partial charge on any atom is -0.320 e. The molecule has 0 aliphatic rings. The van der Waals surface area contributed by atoms with Crippen LogP contribution >= 0.6 is 27.3 Å². The fourth-order valence-electron chi connectivity index (χ4n) is 1.64. The molecule has 1 atom stereocenters. The second-order valence-electron chi connectivity index (χ2n) is 3.76. The lowest BCUT2D eigenvalue weighted by molar-refractivity contribution is 0.874. The van der Waals surface area contributed by atoms with Gasteiger partial charge in [0.25, 0.3) is 0 Å². The second kappa shape index (κ2) is 5.13. The first-order valence-electron chi connectivity index (χ1n) is 5.29. The van der Waals surface area contributed by atoms with Crippen molar-refractivity contribution in [3.8, 4) is 0 Å². The summed E-state index contributed by atoms with van der Waals surface area (Å²) in [6.45, 7) is 2.16. The highest BCUT2D eigenvalue weighted by atomic mass is 79.9. The molecule has 2 N–H and O–H groups in total. The zero-order valence-electron chi connectivity index (χ0n) is 9.11. The van der Waals surface area contributed by atoms with Crippen molar-refractivity contribution in [3.63, 3.8) is 0 Å². The summed E-state index contributed by atoms with van der Waals surface area (Å²) in [6, 6.07) is 10.6. The number of aryl methyl sites for hydroxylation is 1. The van der Waals surface area contributed by atoms with Crippen molar-refractivity contribution in [3.05, 3.63) is 56.2 Å². The lowest BCUT2D eigenvalue weighted by Gasteiger charge is -2.10. The molecule has 2 aromatic rings. The first kappa shape index (κ1) is 11.8. The zero-order valence-corrected chi connectivity index (χ0v) is 11.5. The van der Waals surface area contributed by atoms with Crippen LogP contribution in [0.5, 0.6) is 0 Å². The summed E-state index contributed by atoms with van der Waals surface area (Å²) >= 11 is 5.13. The van der Waals surface area contributed by atoms with Crippen molar-refractivity contribution in [2.24, 2.45) is 5.73 Å². The summed E-state index contributed by atoms with van der Waals surface area (Å²) in [5.74, 6) is 0. The molecule has 84 valence electrons. The van der Waals surface area contributed by atoms with E-state index in [-0.39, 0.29) is 6.04 Å². The lowest BCUT2D eigenvalue weighted by Crippen LogP contribution is -2.10. The van der Waals surface area contributed by atoms with Crippen molar-refractivity contribution in [2.45, 2.75) is 19.4 Å². The van der Waals surface area contributed by atoms with Crippen LogP contribution in [0.15, 0.2) is 39.5 Å². The average Bonchev–Trinajstić information content (AvgIpc) is 2.75. The van der Waals surface area contributed by atoms with Gasteiger partial charge in [-0.05, 0) is 50.5 Å². The Kier molecular flexibility index (Phi) is 3.79. The highest BCUT2D eigenvalue weighted by molar-refractivity contribution is 9.11. The zero-order chi connectivity index (χ0) is 11.5. The molecule has 1 aromatic heterocycles. The van der Waals surface area contributed by atoms with E-state index in [1.165, 1.54) is 16.7 Å². The van der Waals surface area contributed by atoms with Gasteiger partial charge in [0.2, 0.25) is 0 Å². The SMILES string of the molecule is CCc1ccc(C(N)c2csc(Br)c2)cc1. The first-order valence-corrected chi connectivity index (χ1v) is 6.96. The van der Waals surface area contributed by atoms with Crippen LogP contribution in [0.25, 0.3) is 0 Å². The molecule has 16 heavy (non-hydrogen) atoms. The van der Waals surface area contributed by atoms with E-state index in [0.29, 0.717) is 0 Å². The Morgan fingerprint density at radius 2 is 1.94 bits per heavy atom. The van der Waals surface area contributed by atoms with Gasteiger partial charge in [0.05, 0.1) is 9.83 Å². The highest BCUT2D eigenvalue weighted by Gasteiger charge is 2.10. The van der Waals surface area contributed by atoms with E-state index in [1.54, 1.807) is 11.3 Å². The standard InChI is InChI=1S/C13H14BrNS/c1-2-9-3-5-10(6-4-9)13(15)11-7-12(14)16-8-11/h3-8,13H,2,15H2,1H3. The Hall–Kier alpha value is -0.640. The summed E-state index contributed by atoms with van der Waals surface area (Å²) in [4.78, 5) is 0. The smallest absolute Gasteiger partial charge is 0.0701 e. The molecule has 0 aliphatic carbocycles. The quantitative estimate of drug-likeness (QED) is 0.906. The monoisotopic (exact) mass is 295 g/mol. The molecular formula is C13H14BrNS. The topological polar surface area (TPSA) is 26.0 Å². The third kappa shape index (κ3) is 2.54. The summed E-state index contributed by atoms with van der Waals surface area (Å²) in [6.07, 6.45) is 1.07. The van der Waals surface area contributed by atoms with Crippen LogP contribution < -0.4 is 5.73 Å². The molecule has 0 amide bonds. The van der Waals surface area contributed by atoms with Crippen molar-refractivity contribution in [1.82, 2.24) is 0 Å². The average molecular weight is 296 g/mol. The molecule has 0 saturated carbocycles. The van der Waals surface area contributed by atoms with Crippen LogP contribution in [0, 0.1) is 0 Å². The summed E-state index contributed by atoms with van der Waals surface area (Å²) in [5.41, 5.74) is 9.89. The van der Waals surface area contributed by atoms with Crippen LogP contribution in [0.3, 0.4) is 0 Å². The van der Waals surface area contributed by atoms with Gasteiger partial charge in [0.1, 0.15) is 0 Å². The molecule has 0 spiro atoms. The van der Waals surface area contributed by atoms with Crippen molar-refractivity contribution in [1.29, 1.82) is 0 Å². The molecule has 0 radical (unpaired) electrons. The fraction of sp³-hybridized carbons (Fsp3) is 0.231. The Bertz CT molecular complexity index is 461. The molecule has 3 heteroatoms. The predicted molar refractivity (Wildman–Crippen MR) is 73.9 cm³/mol. The van der Waals surface area contributed by atoms with Crippen molar-refractivity contribution >= 4 is 27.3 Å². The van der Waals surface area contributed by atoms with Crippen LogP contribution in [-0.4, -0.2) is 0 Å². The second-order valence-corrected chi connectivity index (χ2v) is 6.05. The summed E-state index contributed by atoms with van der Waals surface area (Å²) in [5, 5.41) is 2.10. The van der Waals surface area contributed by atoms with E-state index < -0.39 is 0 Å². The van der Waals surface area contributed by atoms with E-state index in [2.05, 4.69) is 58.6 Å². The van der Waals surface area contributed by atoms with Gasteiger partial charge in [0.15, 0.2) is 0 Å². The number of thiophene rings is 1. The molecular weight excluding hydrogens is 282 g/mol. The Morgan fingerprint density at radius 3 is 2.44 bits per heavy atom. The number of rotatable bonds is 3. The molecule has 2 rings (SSSR count). The molecule has 1 nitrogen and oxygen atoms in total. The van der Waals surface area contributed by atoms with Gasteiger partial charge in [-0.25, -0.2) is 0 Å². The van der Waals surface area contributed by atoms with Crippen LogP contribution in [0.1, 0.15) is 29.7 Å². The highest BCUT2D eigenvalue weighted by Crippen LogP contribution is 2.27. The third-order valence-electron chi connectivity index (χ3n) is 2.69.